The van der Waals surface area contributed by atoms with Crippen molar-refractivity contribution in [3.8, 4) is 11.4 Å². The largest absolute Gasteiger partial charge is 0.481 e. The Balaban J connectivity index is 2.25. The maximum atomic E-state index is 10.5. The quantitative estimate of drug-likeness (QED) is 0.920. The summed E-state index contributed by atoms with van der Waals surface area (Å²) in [6.45, 7) is 0. The van der Waals surface area contributed by atoms with E-state index in [4.69, 9.17) is 16.7 Å². The van der Waals surface area contributed by atoms with Crippen LogP contribution in [0.4, 0.5) is 0 Å². The Morgan fingerprint density at radius 3 is 2.94 bits per heavy atom. The third kappa shape index (κ3) is 2.87. The van der Waals surface area contributed by atoms with Gasteiger partial charge in [0.1, 0.15) is 5.82 Å². The molecular formula is C12H12ClN3O2. The van der Waals surface area contributed by atoms with E-state index in [1.54, 1.807) is 23.9 Å². The third-order valence-electron chi connectivity index (χ3n) is 2.50. The molecule has 94 valence electrons. The third-order valence-corrected chi connectivity index (χ3v) is 2.73. The van der Waals surface area contributed by atoms with Gasteiger partial charge >= 0.3 is 5.97 Å². The van der Waals surface area contributed by atoms with Crippen molar-refractivity contribution in [1.82, 2.24) is 14.8 Å². The van der Waals surface area contributed by atoms with Crippen LogP contribution in [0.25, 0.3) is 11.4 Å². The number of nitrogens with zero attached hydrogens (tertiary/aromatic N) is 3. The topological polar surface area (TPSA) is 68.0 Å². The van der Waals surface area contributed by atoms with Crippen LogP contribution in [-0.2, 0) is 18.3 Å². The molecule has 18 heavy (non-hydrogen) atoms. The van der Waals surface area contributed by atoms with Crippen LogP contribution in [0.5, 0.6) is 0 Å². The van der Waals surface area contributed by atoms with Gasteiger partial charge in [0.05, 0.1) is 6.42 Å². The van der Waals surface area contributed by atoms with Crippen LogP contribution in [-0.4, -0.2) is 25.8 Å². The second-order valence-corrected chi connectivity index (χ2v) is 4.32. The summed E-state index contributed by atoms with van der Waals surface area (Å²) in [5.74, 6) is 0.357. The minimum Gasteiger partial charge on any atom is -0.481 e. The average molecular weight is 266 g/mol. The van der Waals surface area contributed by atoms with Crippen molar-refractivity contribution in [1.29, 1.82) is 0 Å². The molecule has 0 amide bonds. The van der Waals surface area contributed by atoms with Gasteiger partial charge in [-0.1, -0.05) is 23.7 Å². The van der Waals surface area contributed by atoms with E-state index in [-0.39, 0.29) is 6.42 Å². The first-order valence-corrected chi connectivity index (χ1v) is 5.81. The van der Waals surface area contributed by atoms with Crippen molar-refractivity contribution in [3.05, 3.63) is 35.1 Å². The van der Waals surface area contributed by atoms with Crippen molar-refractivity contribution in [3.63, 3.8) is 0 Å². The van der Waals surface area contributed by atoms with Gasteiger partial charge < -0.3 is 5.11 Å². The fourth-order valence-electron chi connectivity index (χ4n) is 1.60. The van der Waals surface area contributed by atoms with E-state index in [1.165, 1.54) is 0 Å². The fourth-order valence-corrected chi connectivity index (χ4v) is 1.79. The molecule has 1 N–H and O–H groups in total. The van der Waals surface area contributed by atoms with E-state index in [0.29, 0.717) is 23.1 Å². The molecule has 0 fully saturated rings. The van der Waals surface area contributed by atoms with Crippen LogP contribution in [0.15, 0.2) is 24.3 Å². The van der Waals surface area contributed by atoms with Gasteiger partial charge in [0.15, 0.2) is 5.82 Å². The SMILES string of the molecule is Cn1nc(-c2cccc(Cl)c2)nc1CCC(=O)O. The van der Waals surface area contributed by atoms with E-state index in [9.17, 15) is 4.79 Å². The van der Waals surface area contributed by atoms with Crippen LogP contribution in [0.1, 0.15) is 12.2 Å². The molecule has 0 aliphatic heterocycles. The molecule has 0 aliphatic carbocycles. The minimum absolute atomic E-state index is 0.0432. The summed E-state index contributed by atoms with van der Waals surface area (Å²) in [4.78, 5) is 14.9. The second kappa shape index (κ2) is 5.18. The minimum atomic E-state index is -0.845. The van der Waals surface area contributed by atoms with Crippen molar-refractivity contribution in [2.45, 2.75) is 12.8 Å². The first-order chi connectivity index (χ1) is 8.56. The lowest BCUT2D eigenvalue weighted by Gasteiger charge is -1.95. The molecule has 6 heteroatoms. The molecule has 0 bridgehead atoms. The number of benzene rings is 1. The lowest BCUT2D eigenvalue weighted by atomic mass is 10.2. The maximum Gasteiger partial charge on any atom is 0.303 e. The number of aryl methyl sites for hydroxylation is 2. The van der Waals surface area contributed by atoms with Crippen LogP contribution >= 0.6 is 11.6 Å². The Morgan fingerprint density at radius 1 is 1.50 bits per heavy atom. The molecule has 0 unspecified atom stereocenters. The molecular weight excluding hydrogens is 254 g/mol. The summed E-state index contributed by atoms with van der Waals surface area (Å²) in [5, 5.41) is 13.5. The van der Waals surface area contributed by atoms with Crippen molar-refractivity contribution in [2.75, 3.05) is 0 Å². The van der Waals surface area contributed by atoms with Crippen LogP contribution < -0.4 is 0 Å². The summed E-state index contributed by atoms with van der Waals surface area (Å²) >= 11 is 5.90. The van der Waals surface area contributed by atoms with Gasteiger partial charge in [-0.25, -0.2) is 4.98 Å². The first kappa shape index (κ1) is 12.6. The molecule has 2 rings (SSSR count). The number of aliphatic carboxylic acids is 1. The number of hydrogen-bond acceptors (Lipinski definition) is 3. The number of carboxylic acids is 1. The van der Waals surface area contributed by atoms with E-state index >= 15 is 0 Å². The van der Waals surface area contributed by atoms with Gasteiger partial charge in [0.2, 0.25) is 0 Å². The molecule has 1 aromatic heterocycles. The van der Waals surface area contributed by atoms with E-state index < -0.39 is 5.97 Å². The molecule has 0 atom stereocenters. The Hall–Kier alpha value is -1.88. The summed E-state index contributed by atoms with van der Waals surface area (Å²) in [7, 11) is 1.75. The van der Waals surface area contributed by atoms with E-state index in [2.05, 4.69) is 10.1 Å². The summed E-state index contributed by atoms with van der Waals surface area (Å²) in [5.41, 5.74) is 0.819. The standard InChI is InChI=1S/C12H12ClN3O2/c1-16-10(5-6-11(17)18)14-12(15-16)8-3-2-4-9(13)7-8/h2-4,7H,5-6H2,1H3,(H,17,18). The van der Waals surface area contributed by atoms with Crippen LogP contribution in [0.2, 0.25) is 5.02 Å². The highest BCUT2D eigenvalue weighted by Crippen LogP contribution is 2.20. The van der Waals surface area contributed by atoms with Gasteiger partial charge in [-0.3, -0.25) is 9.48 Å². The molecule has 1 heterocycles. The molecule has 0 radical (unpaired) electrons. The van der Waals surface area contributed by atoms with Gasteiger partial charge in [-0.2, -0.15) is 5.10 Å². The number of halogens is 1. The summed E-state index contributed by atoms with van der Waals surface area (Å²) < 4.78 is 1.60. The van der Waals surface area contributed by atoms with Crippen LogP contribution in [0, 0.1) is 0 Å². The summed E-state index contributed by atoms with van der Waals surface area (Å²) in [6.07, 6.45) is 0.404. The number of aromatic nitrogens is 3. The molecule has 0 spiro atoms. The maximum absolute atomic E-state index is 10.5. The molecule has 5 nitrogen and oxygen atoms in total. The molecule has 0 aliphatic rings. The molecule has 1 aromatic carbocycles. The van der Waals surface area contributed by atoms with Gasteiger partial charge in [-0.05, 0) is 12.1 Å². The van der Waals surface area contributed by atoms with Crippen molar-refractivity contribution in [2.24, 2.45) is 7.05 Å². The fraction of sp³-hybridized carbons (Fsp3) is 0.250. The zero-order valence-electron chi connectivity index (χ0n) is 9.80. The molecule has 0 saturated heterocycles. The highest BCUT2D eigenvalue weighted by Gasteiger charge is 2.10. The highest BCUT2D eigenvalue weighted by molar-refractivity contribution is 6.30. The Morgan fingerprint density at radius 2 is 2.28 bits per heavy atom. The predicted molar refractivity (Wildman–Crippen MR) is 67.4 cm³/mol. The first-order valence-electron chi connectivity index (χ1n) is 5.44. The summed E-state index contributed by atoms with van der Waals surface area (Å²) in [6, 6.07) is 7.24. The molecule has 0 saturated carbocycles. The zero-order valence-corrected chi connectivity index (χ0v) is 10.6. The van der Waals surface area contributed by atoms with Crippen molar-refractivity contribution < 1.29 is 9.90 Å². The Kier molecular flexibility index (Phi) is 3.62. The predicted octanol–water partition coefficient (Wildman–Crippen LogP) is 2.15. The smallest absolute Gasteiger partial charge is 0.303 e. The Bertz CT molecular complexity index is 580. The highest BCUT2D eigenvalue weighted by atomic mass is 35.5. The van der Waals surface area contributed by atoms with Gasteiger partial charge in [0, 0.05) is 24.1 Å². The van der Waals surface area contributed by atoms with E-state index in [1.807, 2.05) is 12.1 Å². The van der Waals surface area contributed by atoms with Crippen LogP contribution in [0.3, 0.4) is 0 Å². The average Bonchev–Trinajstić information content (AvgIpc) is 2.68. The van der Waals surface area contributed by atoms with Gasteiger partial charge in [0.25, 0.3) is 0 Å². The van der Waals surface area contributed by atoms with Gasteiger partial charge in [-0.15, -0.1) is 0 Å². The Labute approximate surface area is 109 Å². The lowest BCUT2D eigenvalue weighted by Crippen LogP contribution is -2.03. The lowest BCUT2D eigenvalue weighted by molar-refractivity contribution is -0.137. The normalized spacial score (nSPS) is 10.6. The zero-order chi connectivity index (χ0) is 13.1. The van der Waals surface area contributed by atoms with E-state index in [0.717, 1.165) is 5.56 Å². The number of hydrogen-bond donors (Lipinski definition) is 1. The number of carbonyl (C=O) groups is 1. The number of rotatable bonds is 4. The second-order valence-electron chi connectivity index (χ2n) is 3.88. The number of carboxylic acid groups (broad SMARTS) is 1. The monoisotopic (exact) mass is 265 g/mol. The van der Waals surface area contributed by atoms with Crippen molar-refractivity contribution >= 4 is 17.6 Å². The molecule has 2 aromatic rings.